The highest BCUT2D eigenvalue weighted by molar-refractivity contribution is 7.89. The summed E-state index contributed by atoms with van der Waals surface area (Å²) in [4.78, 5) is 16.1. The van der Waals surface area contributed by atoms with E-state index in [1.54, 1.807) is 12.1 Å². The van der Waals surface area contributed by atoms with Gasteiger partial charge in [-0.25, -0.2) is 13.1 Å². The minimum absolute atomic E-state index is 0.0228. The van der Waals surface area contributed by atoms with Crippen LogP contribution in [0.5, 0.6) is 0 Å². The first-order valence-electron chi connectivity index (χ1n) is 15.1. The normalized spacial score (nSPS) is 18.3. The Labute approximate surface area is 249 Å². The first kappa shape index (κ1) is 28.6. The van der Waals surface area contributed by atoms with Crippen molar-refractivity contribution in [2.45, 2.75) is 68.5 Å². The summed E-state index contributed by atoms with van der Waals surface area (Å²) in [5.41, 5.74) is 4.82. The zero-order chi connectivity index (χ0) is 28.9. The summed E-state index contributed by atoms with van der Waals surface area (Å²) < 4.78 is 29.8. The third kappa shape index (κ3) is 6.92. The van der Waals surface area contributed by atoms with Crippen LogP contribution >= 0.6 is 0 Å². The van der Waals surface area contributed by atoms with Crippen LogP contribution in [0, 0.1) is 0 Å². The molecule has 2 aliphatic rings. The van der Waals surface area contributed by atoms with Gasteiger partial charge in [0.2, 0.25) is 15.9 Å². The number of piperidine rings is 1. The molecule has 42 heavy (non-hydrogen) atoms. The van der Waals surface area contributed by atoms with E-state index in [1.165, 1.54) is 49.0 Å². The molecule has 1 unspecified atom stereocenters. The molecule has 0 spiro atoms. The van der Waals surface area contributed by atoms with Crippen molar-refractivity contribution in [2.24, 2.45) is 0 Å². The van der Waals surface area contributed by atoms with Crippen LogP contribution in [0.2, 0.25) is 0 Å². The quantitative estimate of drug-likeness (QED) is 0.258. The molecule has 4 aromatic carbocycles. The first-order chi connectivity index (χ1) is 20.4. The topological polar surface area (TPSA) is 78.5 Å². The fourth-order valence-corrected chi connectivity index (χ4v) is 7.64. The van der Waals surface area contributed by atoms with Gasteiger partial charge in [-0.3, -0.25) is 9.69 Å². The van der Waals surface area contributed by atoms with Gasteiger partial charge in [0, 0.05) is 19.0 Å². The highest BCUT2D eigenvalue weighted by Gasteiger charge is 2.26. The van der Waals surface area contributed by atoms with Crippen molar-refractivity contribution in [1.82, 2.24) is 14.9 Å². The van der Waals surface area contributed by atoms with E-state index in [-0.39, 0.29) is 23.3 Å². The highest BCUT2D eigenvalue weighted by Crippen LogP contribution is 2.26. The van der Waals surface area contributed by atoms with Crippen LogP contribution in [0.3, 0.4) is 0 Å². The monoisotopic (exact) mass is 581 g/mol. The molecule has 6 nitrogen and oxygen atoms in total. The average molecular weight is 582 g/mol. The van der Waals surface area contributed by atoms with E-state index in [9.17, 15) is 13.2 Å². The Morgan fingerprint density at radius 1 is 0.833 bits per heavy atom. The molecule has 6 rings (SSSR count). The largest absolute Gasteiger partial charge is 0.353 e. The highest BCUT2D eigenvalue weighted by atomic mass is 32.2. The lowest BCUT2D eigenvalue weighted by Gasteiger charge is -2.29. The van der Waals surface area contributed by atoms with E-state index >= 15 is 0 Å². The Balaban J connectivity index is 1.11. The molecule has 1 amide bonds. The van der Waals surface area contributed by atoms with Crippen LogP contribution < -0.4 is 10.0 Å². The fraction of sp³-hybridized carbons (Fsp3) is 0.343. The van der Waals surface area contributed by atoms with E-state index in [0.29, 0.717) is 0 Å². The van der Waals surface area contributed by atoms with E-state index in [4.69, 9.17) is 0 Å². The van der Waals surface area contributed by atoms with E-state index in [0.717, 1.165) is 42.1 Å². The van der Waals surface area contributed by atoms with E-state index in [1.807, 2.05) is 60.7 Å². The van der Waals surface area contributed by atoms with Crippen LogP contribution in [0.1, 0.15) is 60.4 Å². The van der Waals surface area contributed by atoms with E-state index < -0.39 is 16.1 Å². The molecule has 1 aliphatic carbocycles. The van der Waals surface area contributed by atoms with Gasteiger partial charge < -0.3 is 5.32 Å². The van der Waals surface area contributed by atoms with Crippen molar-refractivity contribution in [3.63, 3.8) is 0 Å². The lowest BCUT2D eigenvalue weighted by atomic mass is 9.87. The van der Waals surface area contributed by atoms with Gasteiger partial charge in [0.25, 0.3) is 0 Å². The van der Waals surface area contributed by atoms with Crippen molar-refractivity contribution in [3.8, 4) is 0 Å². The van der Waals surface area contributed by atoms with Gasteiger partial charge in [0.1, 0.15) is 0 Å². The Morgan fingerprint density at radius 2 is 1.60 bits per heavy atom. The van der Waals surface area contributed by atoms with Gasteiger partial charge in [-0.05, 0) is 90.4 Å². The number of aryl methyl sites for hydroxylation is 1. The molecule has 1 heterocycles. The molecule has 7 heteroatoms. The molecule has 2 atom stereocenters. The second kappa shape index (κ2) is 12.8. The zero-order valence-corrected chi connectivity index (χ0v) is 24.8. The molecule has 1 aliphatic heterocycles. The standard InChI is InChI=1S/C35H39N3O3S/c39-35(36-32-17-15-30-21-26(13-14-31(30)22-32)25-38-19-7-2-8-20-38)24-34(28-10-3-1-4-11-28)37-42(40,41)33-18-16-27-9-5-6-12-29(27)23-33/h1,3-6,9-14,16,18,21,23,32,34,37H,2,7-8,15,17,19-20,22,24-25H2,(H,36,39)/t32?,34-/m1/s1. The molecule has 0 bridgehead atoms. The SMILES string of the molecule is O=C(C[C@@H](NS(=O)(=O)c1ccc2ccccc2c1)c1ccccc1)NC1CCc2cc(CN3CCCCC3)ccc2C1. The summed E-state index contributed by atoms with van der Waals surface area (Å²) in [6.07, 6.45) is 6.56. The van der Waals surface area contributed by atoms with Crippen LogP contribution in [0.15, 0.2) is 95.9 Å². The number of rotatable bonds is 9. The molecule has 1 saturated heterocycles. The number of nitrogens with zero attached hydrogens (tertiary/aromatic N) is 1. The maximum absolute atomic E-state index is 13.5. The molecule has 0 radical (unpaired) electrons. The number of sulfonamides is 1. The average Bonchev–Trinajstić information content (AvgIpc) is 3.01. The fourth-order valence-electron chi connectivity index (χ4n) is 6.38. The van der Waals surface area contributed by atoms with Crippen LogP contribution in [0.4, 0.5) is 0 Å². The number of hydrogen-bond acceptors (Lipinski definition) is 4. The summed E-state index contributed by atoms with van der Waals surface area (Å²) in [7, 11) is -3.87. The second-order valence-corrected chi connectivity index (χ2v) is 13.5. The number of hydrogen-bond donors (Lipinski definition) is 2. The molecule has 0 aromatic heterocycles. The molecular formula is C35H39N3O3S. The van der Waals surface area contributed by atoms with Gasteiger partial charge in [0.15, 0.2) is 0 Å². The third-order valence-corrected chi connectivity index (χ3v) is 10.1. The maximum Gasteiger partial charge on any atom is 0.241 e. The summed E-state index contributed by atoms with van der Waals surface area (Å²) >= 11 is 0. The van der Waals surface area contributed by atoms with Crippen molar-refractivity contribution < 1.29 is 13.2 Å². The summed E-state index contributed by atoms with van der Waals surface area (Å²) in [6, 6.07) is 28.3. The second-order valence-electron chi connectivity index (χ2n) is 11.7. The van der Waals surface area contributed by atoms with Gasteiger partial charge in [0.05, 0.1) is 10.9 Å². The Hall–Kier alpha value is -3.52. The molecule has 4 aromatic rings. The first-order valence-corrected chi connectivity index (χ1v) is 16.6. The number of carbonyl (C=O) groups is 1. The minimum Gasteiger partial charge on any atom is -0.353 e. The molecular weight excluding hydrogens is 542 g/mol. The third-order valence-electron chi connectivity index (χ3n) is 8.64. The van der Waals surface area contributed by atoms with Crippen molar-refractivity contribution in [3.05, 3.63) is 113 Å². The molecule has 1 fully saturated rings. The Kier molecular flexibility index (Phi) is 8.70. The van der Waals surface area contributed by atoms with Gasteiger partial charge >= 0.3 is 0 Å². The number of benzene rings is 4. The summed E-state index contributed by atoms with van der Waals surface area (Å²) in [5, 5.41) is 5.04. The van der Waals surface area contributed by atoms with Crippen molar-refractivity contribution in [1.29, 1.82) is 0 Å². The van der Waals surface area contributed by atoms with Crippen LogP contribution in [-0.4, -0.2) is 38.4 Å². The van der Waals surface area contributed by atoms with Crippen molar-refractivity contribution >= 4 is 26.7 Å². The number of carbonyl (C=O) groups excluding carboxylic acids is 1. The van der Waals surface area contributed by atoms with Crippen molar-refractivity contribution in [2.75, 3.05) is 13.1 Å². The molecule has 218 valence electrons. The molecule has 0 saturated carbocycles. The lowest BCUT2D eigenvalue weighted by Crippen LogP contribution is -2.41. The summed E-state index contributed by atoms with van der Waals surface area (Å²) in [6.45, 7) is 3.39. The van der Waals surface area contributed by atoms with Gasteiger partial charge in [-0.1, -0.05) is 85.3 Å². The number of nitrogens with one attached hydrogen (secondary N) is 2. The zero-order valence-electron chi connectivity index (χ0n) is 24.0. The maximum atomic E-state index is 13.5. The number of likely N-dealkylation sites (tertiary alicyclic amines) is 1. The van der Waals surface area contributed by atoms with Gasteiger partial charge in [-0.15, -0.1) is 0 Å². The predicted molar refractivity (Wildman–Crippen MR) is 168 cm³/mol. The van der Waals surface area contributed by atoms with Crippen LogP contribution in [0.25, 0.3) is 10.8 Å². The van der Waals surface area contributed by atoms with Crippen LogP contribution in [-0.2, 0) is 34.2 Å². The Morgan fingerprint density at radius 3 is 2.40 bits per heavy atom. The number of fused-ring (bicyclic) bond motifs is 2. The Bertz CT molecular complexity index is 1650. The minimum atomic E-state index is -3.87. The van der Waals surface area contributed by atoms with Gasteiger partial charge in [-0.2, -0.15) is 0 Å². The van der Waals surface area contributed by atoms with E-state index in [2.05, 4.69) is 33.1 Å². The summed E-state index contributed by atoms with van der Waals surface area (Å²) in [5.74, 6) is -0.153. The number of amides is 1. The lowest BCUT2D eigenvalue weighted by molar-refractivity contribution is -0.122. The smallest absolute Gasteiger partial charge is 0.241 e. The predicted octanol–water partition coefficient (Wildman–Crippen LogP) is 5.91. The molecule has 2 N–H and O–H groups in total.